The molecule has 0 saturated heterocycles. The first-order chi connectivity index (χ1) is 3.63. The van der Waals surface area contributed by atoms with Gasteiger partial charge in [0.2, 0.25) is 0 Å². The van der Waals surface area contributed by atoms with Gasteiger partial charge < -0.3 is 0 Å². The van der Waals surface area contributed by atoms with E-state index in [1.807, 2.05) is 0 Å². The molecule has 0 N–H and O–H groups in total. The Morgan fingerprint density at radius 3 is 2.25 bits per heavy atom. The molecule has 0 aromatic rings. The highest BCUT2D eigenvalue weighted by Gasteiger charge is 2.40. The standard InChI is InChI=1S/C6H10F2/c1-5-3-2-4-6(5,7)8/h5H,2-4H2,1H3. The summed E-state index contributed by atoms with van der Waals surface area (Å²) in [6, 6.07) is 0. The molecule has 2 heteroatoms. The monoisotopic (exact) mass is 120 g/mol. The first-order valence-corrected chi connectivity index (χ1v) is 3.01. The molecule has 0 nitrogen and oxygen atoms in total. The van der Waals surface area contributed by atoms with E-state index in [1.54, 1.807) is 6.92 Å². The van der Waals surface area contributed by atoms with E-state index in [2.05, 4.69) is 0 Å². The van der Waals surface area contributed by atoms with Gasteiger partial charge in [-0.05, 0) is 12.8 Å². The molecule has 1 aliphatic carbocycles. The molecule has 1 aliphatic rings. The topological polar surface area (TPSA) is 0 Å². The highest BCUT2D eigenvalue weighted by molar-refractivity contribution is 4.80. The van der Waals surface area contributed by atoms with Gasteiger partial charge in [-0.2, -0.15) is 0 Å². The summed E-state index contributed by atoms with van der Waals surface area (Å²) in [5.41, 5.74) is 0. The predicted molar refractivity (Wildman–Crippen MR) is 28.0 cm³/mol. The zero-order chi connectivity index (χ0) is 6.20. The van der Waals surface area contributed by atoms with Crippen LogP contribution in [0.2, 0.25) is 0 Å². The van der Waals surface area contributed by atoms with Crippen molar-refractivity contribution in [2.75, 3.05) is 0 Å². The van der Waals surface area contributed by atoms with Crippen LogP contribution in [0.25, 0.3) is 0 Å². The summed E-state index contributed by atoms with van der Waals surface area (Å²) in [6.45, 7) is 1.62. The molecular weight excluding hydrogens is 110 g/mol. The van der Waals surface area contributed by atoms with Crippen molar-refractivity contribution in [2.24, 2.45) is 5.92 Å². The lowest BCUT2D eigenvalue weighted by Gasteiger charge is -2.12. The van der Waals surface area contributed by atoms with E-state index in [0.29, 0.717) is 12.8 Å². The first-order valence-electron chi connectivity index (χ1n) is 3.01. The minimum Gasteiger partial charge on any atom is -0.207 e. The largest absolute Gasteiger partial charge is 0.250 e. The van der Waals surface area contributed by atoms with Crippen molar-refractivity contribution in [3.63, 3.8) is 0 Å². The van der Waals surface area contributed by atoms with E-state index < -0.39 is 5.92 Å². The molecule has 1 saturated carbocycles. The fourth-order valence-electron chi connectivity index (χ4n) is 1.10. The molecule has 0 bridgehead atoms. The van der Waals surface area contributed by atoms with E-state index in [1.165, 1.54) is 0 Å². The maximum absolute atomic E-state index is 12.3. The number of hydrogen-bond donors (Lipinski definition) is 0. The van der Waals surface area contributed by atoms with Gasteiger partial charge in [0.05, 0.1) is 0 Å². The van der Waals surface area contributed by atoms with Crippen LogP contribution >= 0.6 is 0 Å². The third-order valence-electron chi connectivity index (χ3n) is 1.87. The van der Waals surface area contributed by atoms with E-state index in [0.717, 1.165) is 0 Å². The number of hydrogen-bond acceptors (Lipinski definition) is 0. The molecule has 48 valence electrons. The Bertz CT molecular complexity index is 88.5. The third kappa shape index (κ3) is 0.837. The van der Waals surface area contributed by atoms with Crippen molar-refractivity contribution in [2.45, 2.75) is 32.1 Å². The van der Waals surface area contributed by atoms with Crippen LogP contribution in [0.4, 0.5) is 8.78 Å². The molecule has 1 fully saturated rings. The zero-order valence-corrected chi connectivity index (χ0v) is 4.95. The molecule has 0 aliphatic heterocycles. The van der Waals surface area contributed by atoms with Crippen LogP contribution in [-0.4, -0.2) is 5.92 Å². The summed E-state index contributed by atoms with van der Waals surface area (Å²) in [6.07, 6.45) is 1.51. The van der Waals surface area contributed by atoms with Crippen LogP contribution in [0.3, 0.4) is 0 Å². The van der Waals surface area contributed by atoms with Crippen LogP contribution in [0.1, 0.15) is 26.2 Å². The molecule has 0 aromatic carbocycles. The maximum atomic E-state index is 12.3. The summed E-state index contributed by atoms with van der Waals surface area (Å²) in [7, 11) is 0. The summed E-state index contributed by atoms with van der Waals surface area (Å²) in [5, 5.41) is 0. The van der Waals surface area contributed by atoms with Crippen molar-refractivity contribution in [3.8, 4) is 0 Å². The van der Waals surface area contributed by atoms with Crippen LogP contribution in [0, 0.1) is 5.92 Å². The Balaban J connectivity index is 2.54. The molecule has 0 aromatic heterocycles. The molecule has 0 spiro atoms. The lowest BCUT2D eigenvalue weighted by atomic mass is 10.1. The molecule has 0 heterocycles. The zero-order valence-electron chi connectivity index (χ0n) is 4.95. The van der Waals surface area contributed by atoms with Gasteiger partial charge in [0.15, 0.2) is 0 Å². The lowest BCUT2D eigenvalue weighted by Crippen LogP contribution is -2.17. The summed E-state index contributed by atoms with van der Waals surface area (Å²) >= 11 is 0. The molecule has 1 rings (SSSR count). The van der Waals surface area contributed by atoms with Crippen LogP contribution in [0.5, 0.6) is 0 Å². The van der Waals surface area contributed by atoms with Crippen LogP contribution in [0.15, 0.2) is 0 Å². The smallest absolute Gasteiger partial charge is 0.207 e. The fraction of sp³-hybridized carbons (Fsp3) is 1.00. The molecule has 0 radical (unpaired) electrons. The average molecular weight is 120 g/mol. The van der Waals surface area contributed by atoms with E-state index in [9.17, 15) is 8.78 Å². The maximum Gasteiger partial charge on any atom is 0.250 e. The van der Waals surface area contributed by atoms with Crippen molar-refractivity contribution in [1.29, 1.82) is 0 Å². The lowest BCUT2D eigenvalue weighted by molar-refractivity contribution is -0.0299. The van der Waals surface area contributed by atoms with E-state index in [-0.39, 0.29) is 12.3 Å². The molecule has 1 unspecified atom stereocenters. The van der Waals surface area contributed by atoms with Crippen molar-refractivity contribution in [1.82, 2.24) is 0 Å². The van der Waals surface area contributed by atoms with Crippen LogP contribution in [-0.2, 0) is 0 Å². The summed E-state index contributed by atoms with van der Waals surface area (Å²) in [5.74, 6) is -2.72. The minimum atomic E-state index is -2.35. The van der Waals surface area contributed by atoms with Gasteiger partial charge in [0.1, 0.15) is 0 Å². The Kier molecular flexibility index (Phi) is 1.25. The molecule has 1 atom stereocenters. The molecule has 8 heavy (non-hydrogen) atoms. The van der Waals surface area contributed by atoms with Gasteiger partial charge in [-0.25, -0.2) is 8.78 Å². The van der Waals surface area contributed by atoms with Crippen molar-refractivity contribution >= 4 is 0 Å². The van der Waals surface area contributed by atoms with E-state index >= 15 is 0 Å². The minimum absolute atomic E-state index is 0.105. The normalized spacial score (nSPS) is 35.6. The van der Waals surface area contributed by atoms with Gasteiger partial charge in [0, 0.05) is 12.3 Å². The number of rotatable bonds is 0. The summed E-state index contributed by atoms with van der Waals surface area (Å²) in [4.78, 5) is 0. The fourth-order valence-corrected chi connectivity index (χ4v) is 1.10. The Morgan fingerprint density at radius 1 is 1.50 bits per heavy atom. The van der Waals surface area contributed by atoms with Crippen molar-refractivity contribution in [3.05, 3.63) is 0 Å². The highest BCUT2D eigenvalue weighted by Crippen LogP contribution is 2.39. The van der Waals surface area contributed by atoms with Gasteiger partial charge >= 0.3 is 0 Å². The van der Waals surface area contributed by atoms with Gasteiger partial charge in [-0.3, -0.25) is 0 Å². The predicted octanol–water partition coefficient (Wildman–Crippen LogP) is 2.44. The Labute approximate surface area is 47.9 Å². The first kappa shape index (κ1) is 5.99. The van der Waals surface area contributed by atoms with Gasteiger partial charge in [0.25, 0.3) is 5.92 Å². The molecule has 0 amide bonds. The second-order valence-electron chi connectivity index (χ2n) is 2.55. The Hall–Kier alpha value is -0.140. The van der Waals surface area contributed by atoms with Crippen molar-refractivity contribution < 1.29 is 8.78 Å². The highest BCUT2D eigenvalue weighted by atomic mass is 19.3. The molecular formula is C6H10F2. The quantitative estimate of drug-likeness (QED) is 0.460. The third-order valence-corrected chi connectivity index (χ3v) is 1.87. The number of halogens is 2. The number of alkyl halides is 2. The second-order valence-corrected chi connectivity index (χ2v) is 2.55. The summed E-state index contributed by atoms with van der Waals surface area (Å²) < 4.78 is 24.7. The average Bonchev–Trinajstić information content (AvgIpc) is 1.86. The van der Waals surface area contributed by atoms with Gasteiger partial charge in [-0.15, -0.1) is 0 Å². The van der Waals surface area contributed by atoms with Gasteiger partial charge in [-0.1, -0.05) is 6.92 Å². The second kappa shape index (κ2) is 1.67. The van der Waals surface area contributed by atoms with E-state index in [4.69, 9.17) is 0 Å². The van der Waals surface area contributed by atoms with Crippen LogP contribution < -0.4 is 0 Å². The SMILES string of the molecule is CC1CCCC1(F)F. The Morgan fingerprint density at radius 2 is 2.12 bits per heavy atom.